The predicted molar refractivity (Wildman–Crippen MR) is 116 cm³/mol. The topological polar surface area (TPSA) is 76.6 Å². The first-order valence-corrected chi connectivity index (χ1v) is 9.92. The molecule has 8 heteroatoms. The molecule has 0 aliphatic rings. The molecule has 0 spiro atoms. The Labute approximate surface area is 182 Å². The van der Waals surface area contributed by atoms with Crippen LogP contribution in [0.25, 0.3) is 11.2 Å². The molecule has 5 aromatic rings. The molecule has 1 atom stereocenters. The number of halogens is 1. The fraction of sp³-hybridized carbons (Fsp3) is 0.0833. The van der Waals surface area contributed by atoms with Gasteiger partial charge in [-0.3, -0.25) is 4.79 Å². The maximum Gasteiger partial charge on any atom is 0.255 e. The molecule has 4 heterocycles. The van der Waals surface area contributed by atoms with Gasteiger partial charge in [-0.25, -0.2) is 18.4 Å². The van der Waals surface area contributed by atoms with Crippen molar-refractivity contribution in [3.63, 3.8) is 0 Å². The van der Waals surface area contributed by atoms with Gasteiger partial charge in [0.25, 0.3) is 5.91 Å². The summed E-state index contributed by atoms with van der Waals surface area (Å²) in [6.07, 6.45) is 8.43. The summed E-state index contributed by atoms with van der Waals surface area (Å²) < 4.78 is 16.8. The smallest absolute Gasteiger partial charge is 0.255 e. The summed E-state index contributed by atoms with van der Waals surface area (Å²) in [6.45, 7) is 1.81. The normalized spacial score (nSPS) is 11.8. The number of rotatable bonds is 3. The third-order valence-electron chi connectivity index (χ3n) is 5.06. The fourth-order valence-corrected chi connectivity index (χ4v) is 3.39. The average molecular weight is 424 g/mol. The average Bonchev–Trinajstić information content (AvgIpc) is 3.43. The molecular formula is C24H17FN6O. The van der Waals surface area contributed by atoms with Gasteiger partial charge in [0, 0.05) is 30.2 Å². The number of amides is 1. The molecule has 4 aromatic heterocycles. The Morgan fingerprint density at radius 3 is 2.81 bits per heavy atom. The van der Waals surface area contributed by atoms with Gasteiger partial charge in [-0.05, 0) is 36.8 Å². The second-order valence-electron chi connectivity index (χ2n) is 7.28. The Bertz CT molecular complexity index is 1520. The van der Waals surface area contributed by atoms with E-state index in [1.54, 1.807) is 52.9 Å². The van der Waals surface area contributed by atoms with Crippen molar-refractivity contribution in [3.8, 4) is 11.8 Å². The van der Waals surface area contributed by atoms with Crippen LogP contribution in [-0.4, -0.2) is 30.1 Å². The minimum Gasteiger partial charge on any atom is -0.345 e. The molecule has 1 N–H and O–H groups in total. The Kier molecular flexibility index (Phi) is 4.84. The zero-order valence-electron chi connectivity index (χ0n) is 17.0. The van der Waals surface area contributed by atoms with Crippen LogP contribution < -0.4 is 5.32 Å². The number of nitrogens with zero attached hydrogens (tertiary/aromatic N) is 5. The number of carbonyl (C=O) groups excluding carboxylic acids is 1. The maximum atomic E-state index is 13.5. The lowest BCUT2D eigenvalue weighted by molar-refractivity contribution is 0.0941. The zero-order chi connectivity index (χ0) is 22.1. The lowest BCUT2D eigenvalue weighted by Crippen LogP contribution is -2.26. The third-order valence-corrected chi connectivity index (χ3v) is 5.06. The van der Waals surface area contributed by atoms with Crippen molar-refractivity contribution in [2.75, 3.05) is 0 Å². The third kappa shape index (κ3) is 3.79. The highest BCUT2D eigenvalue weighted by atomic mass is 19.1. The van der Waals surface area contributed by atoms with Crippen molar-refractivity contribution >= 4 is 17.1 Å². The molecule has 0 aliphatic heterocycles. The number of hydrogen-bond donors (Lipinski definition) is 1. The molecule has 0 fully saturated rings. The molecule has 0 bridgehead atoms. The SMILES string of the molecule is C[C@H](NC(=O)c1cnn2ccc(C#Cc3cnc4ccnn4c3)cc12)c1cccc(F)c1. The van der Waals surface area contributed by atoms with Gasteiger partial charge in [0.1, 0.15) is 5.82 Å². The minimum atomic E-state index is -0.360. The highest BCUT2D eigenvalue weighted by molar-refractivity contribution is 6.00. The van der Waals surface area contributed by atoms with Crippen molar-refractivity contribution in [2.24, 2.45) is 0 Å². The van der Waals surface area contributed by atoms with Gasteiger partial charge in [0.2, 0.25) is 0 Å². The molecule has 32 heavy (non-hydrogen) atoms. The number of pyridine rings is 1. The summed E-state index contributed by atoms with van der Waals surface area (Å²) in [5.41, 5.74) is 3.92. The summed E-state index contributed by atoms with van der Waals surface area (Å²) in [7, 11) is 0. The summed E-state index contributed by atoms with van der Waals surface area (Å²) in [5.74, 6) is 5.52. The zero-order valence-corrected chi connectivity index (χ0v) is 17.0. The monoisotopic (exact) mass is 424 g/mol. The van der Waals surface area contributed by atoms with Gasteiger partial charge in [0.05, 0.1) is 35.1 Å². The highest BCUT2D eigenvalue weighted by Gasteiger charge is 2.16. The van der Waals surface area contributed by atoms with E-state index in [-0.39, 0.29) is 17.8 Å². The molecule has 0 saturated carbocycles. The Hall–Kier alpha value is -4.51. The van der Waals surface area contributed by atoms with Gasteiger partial charge in [-0.2, -0.15) is 10.2 Å². The first-order valence-electron chi connectivity index (χ1n) is 9.92. The standard InChI is InChI=1S/C24H17FN6O/c1-16(19-3-2-4-20(25)12-19)29-24(32)21-14-28-30-10-8-17(11-22(21)30)5-6-18-13-26-23-7-9-27-31(23)15-18/h2-4,7-16H,1H3,(H,29,32)/t16-/m0/s1. The largest absolute Gasteiger partial charge is 0.345 e. The number of aromatic nitrogens is 5. The summed E-state index contributed by atoms with van der Waals surface area (Å²) in [5, 5.41) is 11.3. The van der Waals surface area contributed by atoms with Crippen LogP contribution in [0.15, 0.2) is 73.4 Å². The van der Waals surface area contributed by atoms with Crippen LogP contribution in [-0.2, 0) is 0 Å². The van der Waals surface area contributed by atoms with E-state index in [2.05, 4.69) is 32.3 Å². The van der Waals surface area contributed by atoms with Gasteiger partial charge < -0.3 is 5.32 Å². The molecule has 5 rings (SSSR count). The van der Waals surface area contributed by atoms with Crippen molar-refractivity contribution in [1.82, 2.24) is 29.5 Å². The first-order chi connectivity index (χ1) is 15.6. The van der Waals surface area contributed by atoms with E-state index in [1.807, 2.05) is 18.2 Å². The fourth-order valence-electron chi connectivity index (χ4n) is 3.39. The Morgan fingerprint density at radius 2 is 1.94 bits per heavy atom. The summed E-state index contributed by atoms with van der Waals surface area (Å²) >= 11 is 0. The molecule has 7 nitrogen and oxygen atoms in total. The van der Waals surface area contributed by atoms with Crippen LogP contribution in [0.1, 0.15) is 40.0 Å². The summed E-state index contributed by atoms with van der Waals surface area (Å²) in [4.78, 5) is 17.2. The van der Waals surface area contributed by atoms with Gasteiger partial charge in [-0.1, -0.05) is 24.0 Å². The highest BCUT2D eigenvalue weighted by Crippen LogP contribution is 2.17. The van der Waals surface area contributed by atoms with E-state index in [1.165, 1.54) is 18.3 Å². The quantitative estimate of drug-likeness (QED) is 0.451. The van der Waals surface area contributed by atoms with E-state index >= 15 is 0 Å². The van der Waals surface area contributed by atoms with Crippen LogP contribution in [0.4, 0.5) is 4.39 Å². The number of nitrogens with one attached hydrogen (secondary N) is 1. The number of hydrogen-bond acceptors (Lipinski definition) is 4. The maximum absolute atomic E-state index is 13.5. The van der Waals surface area contributed by atoms with Crippen molar-refractivity contribution in [1.29, 1.82) is 0 Å². The first kappa shape index (κ1) is 19.5. The van der Waals surface area contributed by atoms with Crippen LogP contribution in [0.2, 0.25) is 0 Å². The molecule has 1 aromatic carbocycles. The molecule has 0 unspecified atom stereocenters. The number of fused-ring (bicyclic) bond motifs is 2. The lowest BCUT2D eigenvalue weighted by atomic mass is 10.1. The van der Waals surface area contributed by atoms with E-state index in [4.69, 9.17) is 0 Å². The molecule has 156 valence electrons. The number of carbonyl (C=O) groups is 1. The van der Waals surface area contributed by atoms with Crippen molar-refractivity contribution in [3.05, 3.63) is 102 Å². The van der Waals surface area contributed by atoms with E-state index < -0.39 is 0 Å². The second kappa shape index (κ2) is 7.96. The number of benzene rings is 1. The van der Waals surface area contributed by atoms with Gasteiger partial charge in [0.15, 0.2) is 5.65 Å². The van der Waals surface area contributed by atoms with E-state index in [9.17, 15) is 9.18 Å². The summed E-state index contributed by atoms with van der Waals surface area (Å²) in [6, 6.07) is 11.2. The van der Waals surface area contributed by atoms with Gasteiger partial charge >= 0.3 is 0 Å². The molecule has 1 amide bonds. The second-order valence-corrected chi connectivity index (χ2v) is 7.28. The molecule has 0 radical (unpaired) electrons. The lowest BCUT2D eigenvalue weighted by Gasteiger charge is -2.14. The molecular weight excluding hydrogens is 407 g/mol. The van der Waals surface area contributed by atoms with Crippen LogP contribution in [0.3, 0.4) is 0 Å². The van der Waals surface area contributed by atoms with Gasteiger partial charge in [-0.15, -0.1) is 0 Å². The Morgan fingerprint density at radius 1 is 1.06 bits per heavy atom. The molecule has 0 saturated heterocycles. The van der Waals surface area contributed by atoms with Crippen LogP contribution in [0, 0.1) is 17.7 Å². The Balaban J connectivity index is 1.40. The van der Waals surface area contributed by atoms with Crippen molar-refractivity contribution < 1.29 is 9.18 Å². The van der Waals surface area contributed by atoms with E-state index in [0.29, 0.717) is 16.6 Å². The minimum absolute atomic E-state index is 0.296. The molecule has 0 aliphatic carbocycles. The van der Waals surface area contributed by atoms with Crippen LogP contribution >= 0.6 is 0 Å². The predicted octanol–water partition coefficient (Wildman–Crippen LogP) is 3.41. The van der Waals surface area contributed by atoms with Crippen LogP contribution in [0.5, 0.6) is 0 Å². The van der Waals surface area contributed by atoms with E-state index in [0.717, 1.165) is 16.8 Å². The van der Waals surface area contributed by atoms with Crippen molar-refractivity contribution in [2.45, 2.75) is 13.0 Å².